The van der Waals surface area contributed by atoms with Crippen LogP contribution in [0.25, 0.3) is 5.76 Å². The van der Waals surface area contributed by atoms with E-state index in [4.69, 9.17) is 25.8 Å². The van der Waals surface area contributed by atoms with Gasteiger partial charge in [-0.05, 0) is 55.1 Å². The van der Waals surface area contributed by atoms with Crippen LogP contribution < -0.4 is 14.2 Å². The smallest absolute Gasteiger partial charge is 0.295 e. The maximum Gasteiger partial charge on any atom is 0.295 e. The van der Waals surface area contributed by atoms with E-state index >= 15 is 0 Å². The van der Waals surface area contributed by atoms with Gasteiger partial charge in [-0.15, -0.1) is 0 Å². The molecule has 0 bridgehead atoms. The van der Waals surface area contributed by atoms with Crippen molar-refractivity contribution in [3.63, 3.8) is 0 Å². The van der Waals surface area contributed by atoms with Gasteiger partial charge in [-0.25, -0.2) is 0 Å². The quantitative estimate of drug-likeness (QED) is 0.297. The lowest BCUT2D eigenvalue weighted by Gasteiger charge is -2.29. The fraction of sp³-hybridized carbons (Fsp3) is 0.385. The Labute approximate surface area is 210 Å². The first kappa shape index (κ1) is 26.4. The monoisotopic (exact) mass is 502 g/mol. The number of likely N-dealkylation sites (tertiary alicyclic amines) is 1. The van der Waals surface area contributed by atoms with E-state index in [1.807, 2.05) is 13.8 Å². The van der Waals surface area contributed by atoms with Gasteiger partial charge in [-0.3, -0.25) is 9.59 Å². The fourth-order valence-corrected chi connectivity index (χ4v) is 4.39. The number of halogens is 1. The summed E-state index contributed by atoms with van der Waals surface area (Å²) in [6.45, 7) is 6.55. The van der Waals surface area contributed by atoms with Gasteiger partial charge in [-0.1, -0.05) is 25.4 Å². The van der Waals surface area contributed by atoms with Gasteiger partial charge in [0.2, 0.25) is 5.75 Å². The first-order valence-corrected chi connectivity index (χ1v) is 11.8. The number of methoxy groups -OCH3 is 3. The number of ketones is 1. The Kier molecular flexibility index (Phi) is 8.64. The summed E-state index contributed by atoms with van der Waals surface area (Å²) in [7, 11) is 4.48. The Morgan fingerprint density at radius 2 is 1.57 bits per heavy atom. The van der Waals surface area contributed by atoms with Crippen molar-refractivity contribution in [1.82, 2.24) is 9.80 Å². The average molecular weight is 503 g/mol. The summed E-state index contributed by atoms with van der Waals surface area (Å²) in [4.78, 5) is 30.1. The zero-order chi connectivity index (χ0) is 25.7. The van der Waals surface area contributed by atoms with E-state index in [1.165, 1.54) is 26.2 Å². The third-order valence-corrected chi connectivity index (χ3v) is 6.46. The molecule has 2 aromatic rings. The standard InChI is InChI=1S/C26H31ClN2O6/c1-6-28(7-2)12-13-29-22(17-14-19(33-3)25(35-5)20(15-17)34-4)21(24(31)26(29)32)23(30)16-8-10-18(27)11-9-16/h8-11,14-15,22,30H,6-7,12-13H2,1-5H3/t22-/m1/s1. The lowest BCUT2D eigenvalue weighted by atomic mass is 9.94. The van der Waals surface area contributed by atoms with Crippen molar-refractivity contribution in [3.05, 3.63) is 58.1 Å². The van der Waals surface area contributed by atoms with Crippen LogP contribution in [0.4, 0.5) is 0 Å². The van der Waals surface area contributed by atoms with Gasteiger partial charge in [0, 0.05) is 23.7 Å². The summed E-state index contributed by atoms with van der Waals surface area (Å²) >= 11 is 6.00. The van der Waals surface area contributed by atoms with Crippen LogP contribution in [0.3, 0.4) is 0 Å². The number of aliphatic hydroxyl groups is 1. The minimum atomic E-state index is -0.852. The Balaban J connectivity index is 2.21. The normalized spacial score (nSPS) is 17.2. The summed E-state index contributed by atoms with van der Waals surface area (Å²) in [6, 6.07) is 8.97. The first-order chi connectivity index (χ1) is 16.8. The Bertz CT molecular complexity index is 1090. The molecule has 188 valence electrons. The van der Waals surface area contributed by atoms with Crippen LogP contribution in [0.15, 0.2) is 42.0 Å². The molecule has 1 amide bonds. The van der Waals surface area contributed by atoms with Crippen LogP contribution in [-0.2, 0) is 9.59 Å². The van der Waals surface area contributed by atoms with E-state index in [0.29, 0.717) is 46.5 Å². The van der Waals surface area contributed by atoms with E-state index < -0.39 is 17.7 Å². The molecule has 1 fully saturated rings. The third-order valence-electron chi connectivity index (χ3n) is 6.21. The van der Waals surface area contributed by atoms with Crippen LogP contribution in [0.2, 0.25) is 5.02 Å². The van der Waals surface area contributed by atoms with Crippen LogP contribution in [-0.4, -0.2) is 74.1 Å². The van der Waals surface area contributed by atoms with Crippen molar-refractivity contribution in [1.29, 1.82) is 0 Å². The molecule has 2 aromatic carbocycles. The summed E-state index contributed by atoms with van der Waals surface area (Å²) in [5, 5.41) is 11.7. The number of benzene rings is 2. The van der Waals surface area contributed by atoms with Gasteiger partial charge >= 0.3 is 0 Å². The molecule has 0 spiro atoms. The number of hydrogen-bond donors (Lipinski definition) is 1. The number of hydrogen-bond acceptors (Lipinski definition) is 7. The van der Waals surface area contributed by atoms with Crippen molar-refractivity contribution in [2.75, 3.05) is 47.5 Å². The van der Waals surface area contributed by atoms with Crippen LogP contribution >= 0.6 is 11.6 Å². The predicted octanol–water partition coefficient (Wildman–Crippen LogP) is 4.13. The molecular weight excluding hydrogens is 472 g/mol. The number of carbonyl (C=O) groups excluding carboxylic acids is 2. The van der Waals surface area contributed by atoms with E-state index in [1.54, 1.807) is 36.4 Å². The molecule has 1 atom stereocenters. The highest BCUT2D eigenvalue weighted by molar-refractivity contribution is 6.46. The van der Waals surface area contributed by atoms with Gasteiger partial charge in [-0.2, -0.15) is 0 Å². The molecule has 3 rings (SSSR count). The Morgan fingerprint density at radius 1 is 1.00 bits per heavy atom. The average Bonchev–Trinajstić information content (AvgIpc) is 3.13. The van der Waals surface area contributed by atoms with Crippen molar-refractivity contribution in [2.45, 2.75) is 19.9 Å². The minimum absolute atomic E-state index is 0.00820. The zero-order valence-electron chi connectivity index (χ0n) is 20.6. The molecule has 35 heavy (non-hydrogen) atoms. The summed E-state index contributed by atoms with van der Waals surface area (Å²) in [5.41, 5.74) is 0.925. The van der Waals surface area contributed by atoms with Crippen molar-refractivity contribution >= 4 is 29.1 Å². The van der Waals surface area contributed by atoms with Gasteiger partial charge in [0.25, 0.3) is 11.7 Å². The molecule has 1 aliphatic heterocycles. The van der Waals surface area contributed by atoms with E-state index in [9.17, 15) is 14.7 Å². The maximum absolute atomic E-state index is 13.3. The van der Waals surface area contributed by atoms with E-state index in [-0.39, 0.29) is 11.3 Å². The molecule has 1 N–H and O–H groups in total. The third kappa shape index (κ3) is 5.23. The van der Waals surface area contributed by atoms with Crippen molar-refractivity contribution in [2.24, 2.45) is 0 Å². The van der Waals surface area contributed by atoms with Crippen LogP contribution in [0, 0.1) is 0 Å². The van der Waals surface area contributed by atoms with Crippen LogP contribution in [0.5, 0.6) is 17.2 Å². The molecule has 0 saturated carbocycles. The molecule has 0 unspecified atom stereocenters. The molecule has 9 heteroatoms. The molecule has 1 aliphatic rings. The molecule has 1 saturated heterocycles. The number of likely N-dealkylation sites (N-methyl/N-ethyl adjacent to an activating group) is 1. The fourth-order valence-electron chi connectivity index (χ4n) is 4.27. The second-order valence-corrected chi connectivity index (χ2v) is 8.42. The van der Waals surface area contributed by atoms with Gasteiger partial charge in [0.1, 0.15) is 5.76 Å². The maximum atomic E-state index is 13.3. The second kappa shape index (κ2) is 11.5. The number of carbonyl (C=O) groups is 2. The van der Waals surface area contributed by atoms with Crippen molar-refractivity contribution in [3.8, 4) is 17.2 Å². The number of amides is 1. The van der Waals surface area contributed by atoms with E-state index in [0.717, 1.165) is 13.1 Å². The summed E-state index contributed by atoms with van der Waals surface area (Å²) < 4.78 is 16.4. The van der Waals surface area contributed by atoms with Crippen LogP contribution in [0.1, 0.15) is 31.0 Å². The summed E-state index contributed by atoms with van der Waals surface area (Å²) in [6.07, 6.45) is 0. The Morgan fingerprint density at radius 3 is 2.06 bits per heavy atom. The largest absolute Gasteiger partial charge is 0.507 e. The number of Topliss-reactive ketones (excluding diaryl/α,β-unsaturated/α-hetero) is 1. The van der Waals surface area contributed by atoms with Gasteiger partial charge < -0.3 is 29.1 Å². The number of aliphatic hydroxyl groups excluding tert-OH is 1. The summed E-state index contributed by atoms with van der Waals surface area (Å²) in [5.74, 6) is -0.562. The molecule has 8 nitrogen and oxygen atoms in total. The van der Waals surface area contributed by atoms with Gasteiger partial charge in [0.05, 0.1) is 32.9 Å². The minimum Gasteiger partial charge on any atom is -0.507 e. The lowest BCUT2D eigenvalue weighted by Crippen LogP contribution is -2.38. The second-order valence-electron chi connectivity index (χ2n) is 7.98. The van der Waals surface area contributed by atoms with E-state index in [2.05, 4.69) is 4.90 Å². The molecular formula is C26H31ClN2O6. The SMILES string of the molecule is CCN(CC)CCN1C(=O)C(=O)C(=C(O)c2ccc(Cl)cc2)[C@H]1c1cc(OC)c(OC)c(OC)c1. The highest BCUT2D eigenvalue weighted by Crippen LogP contribution is 2.45. The number of nitrogens with zero attached hydrogens (tertiary/aromatic N) is 2. The van der Waals surface area contributed by atoms with Gasteiger partial charge in [0.15, 0.2) is 11.5 Å². The highest BCUT2D eigenvalue weighted by atomic mass is 35.5. The highest BCUT2D eigenvalue weighted by Gasteiger charge is 2.46. The Hall–Kier alpha value is -3.23. The molecule has 0 radical (unpaired) electrons. The topological polar surface area (TPSA) is 88.5 Å². The molecule has 1 heterocycles. The first-order valence-electron chi connectivity index (χ1n) is 11.4. The number of rotatable bonds is 10. The molecule has 0 aromatic heterocycles. The lowest BCUT2D eigenvalue weighted by molar-refractivity contribution is -0.140. The zero-order valence-corrected chi connectivity index (χ0v) is 21.4. The predicted molar refractivity (Wildman–Crippen MR) is 134 cm³/mol. The molecule has 0 aliphatic carbocycles. The van der Waals surface area contributed by atoms with Crippen molar-refractivity contribution < 1.29 is 28.9 Å². The number of ether oxygens (including phenoxy) is 3.